The number of hydrogen-bond donors (Lipinski definition) is 3. The molecule has 0 unspecified atom stereocenters. The van der Waals surface area contributed by atoms with E-state index in [1.54, 1.807) is 0 Å². The van der Waals surface area contributed by atoms with Crippen LogP contribution >= 0.6 is 22.7 Å². The number of thiophene rings is 2. The quantitative estimate of drug-likeness (QED) is 0.568. The number of amides is 1. The summed E-state index contributed by atoms with van der Waals surface area (Å²) in [5, 5.41) is 14.5. The van der Waals surface area contributed by atoms with Crippen LogP contribution in [-0.4, -0.2) is 31.9 Å². The Bertz CT molecular complexity index is 796. The molecule has 0 aliphatic heterocycles. The van der Waals surface area contributed by atoms with Gasteiger partial charge in [-0.05, 0) is 29.3 Å². The summed E-state index contributed by atoms with van der Waals surface area (Å²) in [7, 11) is -3.80. The highest BCUT2D eigenvalue weighted by Gasteiger charge is 2.23. The minimum absolute atomic E-state index is 0.0573. The maximum absolute atomic E-state index is 12.4. The summed E-state index contributed by atoms with van der Waals surface area (Å²) < 4.78 is 27.2. The summed E-state index contributed by atoms with van der Waals surface area (Å²) in [4.78, 5) is 23.4. The largest absolute Gasteiger partial charge is 0.481 e. The standard InChI is InChI=1S/C14H16N2O5S3/c17-12(18)4-1-6-15-14(19)13-11(5-8-23-13)24(20,21)16-9-10-3-2-7-22-10/h2-3,5,7-8,16H,1,4,6,9H2,(H,15,19)(H,17,18). The molecule has 0 bridgehead atoms. The highest BCUT2D eigenvalue weighted by molar-refractivity contribution is 7.89. The molecule has 3 N–H and O–H groups in total. The van der Waals surface area contributed by atoms with Gasteiger partial charge in [-0.15, -0.1) is 22.7 Å². The van der Waals surface area contributed by atoms with E-state index < -0.39 is 21.9 Å². The summed E-state index contributed by atoms with van der Waals surface area (Å²) >= 11 is 2.46. The molecule has 0 fully saturated rings. The van der Waals surface area contributed by atoms with Gasteiger partial charge in [-0.25, -0.2) is 13.1 Å². The zero-order valence-corrected chi connectivity index (χ0v) is 15.0. The predicted molar refractivity (Wildman–Crippen MR) is 91.9 cm³/mol. The Morgan fingerprint density at radius 3 is 2.62 bits per heavy atom. The summed E-state index contributed by atoms with van der Waals surface area (Å²) in [6.07, 6.45) is 0.226. The smallest absolute Gasteiger partial charge is 0.303 e. The van der Waals surface area contributed by atoms with E-state index in [0.29, 0.717) is 0 Å². The van der Waals surface area contributed by atoms with Gasteiger partial charge in [-0.3, -0.25) is 9.59 Å². The first-order chi connectivity index (χ1) is 11.4. The topological polar surface area (TPSA) is 113 Å². The third-order valence-corrected chi connectivity index (χ3v) is 6.36. The van der Waals surface area contributed by atoms with Crippen LogP contribution in [-0.2, 0) is 21.4 Å². The van der Waals surface area contributed by atoms with Gasteiger partial charge in [0.2, 0.25) is 10.0 Å². The molecule has 2 heterocycles. The molecule has 24 heavy (non-hydrogen) atoms. The van der Waals surface area contributed by atoms with Crippen LogP contribution in [0.4, 0.5) is 0 Å². The lowest BCUT2D eigenvalue weighted by Crippen LogP contribution is -2.28. The van der Waals surface area contributed by atoms with Crippen LogP contribution in [0.5, 0.6) is 0 Å². The highest BCUT2D eigenvalue weighted by Crippen LogP contribution is 2.22. The SMILES string of the molecule is O=C(O)CCCNC(=O)c1sccc1S(=O)(=O)NCc1cccs1. The lowest BCUT2D eigenvalue weighted by Gasteiger charge is -2.07. The van der Waals surface area contributed by atoms with Crippen molar-refractivity contribution in [2.75, 3.05) is 6.54 Å². The molecule has 7 nitrogen and oxygen atoms in total. The fourth-order valence-electron chi connectivity index (χ4n) is 1.85. The van der Waals surface area contributed by atoms with Gasteiger partial charge < -0.3 is 10.4 Å². The van der Waals surface area contributed by atoms with Gasteiger partial charge in [-0.1, -0.05) is 6.07 Å². The van der Waals surface area contributed by atoms with Crippen molar-refractivity contribution in [1.29, 1.82) is 0 Å². The molecule has 1 amide bonds. The molecule has 2 rings (SSSR count). The molecule has 0 saturated carbocycles. The lowest BCUT2D eigenvalue weighted by molar-refractivity contribution is -0.137. The maximum atomic E-state index is 12.4. The van der Waals surface area contributed by atoms with Gasteiger partial charge in [0.1, 0.15) is 9.77 Å². The number of sulfonamides is 1. The van der Waals surface area contributed by atoms with E-state index in [-0.39, 0.29) is 35.7 Å². The second kappa shape index (κ2) is 8.38. The molecular formula is C14H16N2O5S3. The molecule has 0 atom stereocenters. The van der Waals surface area contributed by atoms with Gasteiger partial charge in [-0.2, -0.15) is 0 Å². The first-order valence-electron chi connectivity index (χ1n) is 6.99. The minimum Gasteiger partial charge on any atom is -0.481 e. The number of carbonyl (C=O) groups excluding carboxylic acids is 1. The van der Waals surface area contributed by atoms with E-state index in [4.69, 9.17) is 5.11 Å². The van der Waals surface area contributed by atoms with Crippen LogP contribution in [0.25, 0.3) is 0 Å². The van der Waals surface area contributed by atoms with Crippen molar-refractivity contribution in [3.05, 3.63) is 38.7 Å². The summed E-state index contributed by atoms with van der Waals surface area (Å²) in [5.41, 5.74) is 0. The van der Waals surface area contributed by atoms with E-state index in [2.05, 4.69) is 10.0 Å². The minimum atomic E-state index is -3.80. The van der Waals surface area contributed by atoms with Crippen LogP contribution < -0.4 is 10.0 Å². The van der Waals surface area contributed by atoms with Crippen LogP contribution in [0.1, 0.15) is 27.4 Å². The summed E-state index contributed by atoms with van der Waals surface area (Å²) in [5.74, 6) is -1.46. The molecule has 0 radical (unpaired) electrons. The van der Waals surface area contributed by atoms with Crippen molar-refractivity contribution in [1.82, 2.24) is 10.0 Å². The second-order valence-electron chi connectivity index (χ2n) is 4.77. The molecule has 130 valence electrons. The van der Waals surface area contributed by atoms with Crippen LogP contribution in [0.15, 0.2) is 33.9 Å². The van der Waals surface area contributed by atoms with Crippen LogP contribution in [0, 0.1) is 0 Å². The van der Waals surface area contributed by atoms with Crippen molar-refractivity contribution in [2.45, 2.75) is 24.3 Å². The van der Waals surface area contributed by atoms with Crippen molar-refractivity contribution < 1.29 is 23.1 Å². The predicted octanol–water partition coefficient (Wildman–Crippen LogP) is 1.88. The van der Waals surface area contributed by atoms with Crippen molar-refractivity contribution in [3.8, 4) is 0 Å². The number of carboxylic acid groups (broad SMARTS) is 1. The Morgan fingerprint density at radius 2 is 1.96 bits per heavy atom. The summed E-state index contributed by atoms with van der Waals surface area (Å²) in [6, 6.07) is 5.03. The average molecular weight is 388 g/mol. The van der Waals surface area contributed by atoms with Crippen molar-refractivity contribution >= 4 is 44.6 Å². The Hall–Kier alpha value is -1.75. The van der Waals surface area contributed by atoms with Gasteiger partial charge in [0.25, 0.3) is 5.91 Å². The Kier molecular flexibility index (Phi) is 6.49. The molecule has 2 aromatic heterocycles. The lowest BCUT2D eigenvalue weighted by atomic mass is 10.3. The molecule has 0 aromatic carbocycles. The molecule has 10 heteroatoms. The van der Waals surface area contributed by atoms with Crippen LogP contribution in [0.3, 0.4) is 0 Å². The highest BCUT2D eigenvalue weighted by atomic mass is 32.2. The normalized spacial score (nSPS) is 11.3. The first-order valence-corrected chi connectivity index (χ1v) is 10.2. The third-order valence-electron chi connectivity index (χ3n) is 2.99. The molecule has 0 spiro atoms. The van der Waals surface area contributed by atoms with Gasteiger partial charge in [0.05, 0.1) is 0 Å². The van der Waals surface area contributed by atoms with Gasteiger partial charge >= 0.3 is 5.97 Å². The zero-order chi connectivity index (χ0) is 17.6. The Labute approximate surface area is 147 Å². The Morgan fingerprint density at radius 1 is 1.17 bits per heavy atom. The zero-order valence-electron chi connectivity index (χ0n) is 12.5. The fraction of sp³-hybridized carbons (Fsp3) is 0.286. The number of nitrogens with one attached hydrogen (secondary N) is 2. The van der Waals surface area contributed by atoms with Gasteiger partial charge in [0.15, 0.2) is 0 Å². The molecule has 2 aromatic rings. The molecular weight excluding hydrogens is 372 g/mol. The molecule has 0 saturated heterocycles. The van der Waals surface area contributed by atoms with E-state index in [0.717, 1.165) is 16.2 Å². The monoisotopic (exact) mass is 388 g/mol. The third kappa shape index (κ3) is 5.13. The van der Waals surface area contributed by atoms with E-state index >= 15 is 0 Å². The number of carboxylic acids is 1. The van der Waals surface area contributed by atoms with Gasteiger partial charge in [0, 0.05) is 24.4 Å². The molecule has 0 aliphatic carbocycles. The average Bonchev–Trinajstić information content (AvgIpc) is 3.20. The number of aliphatic carboxylic acids is 1. The summed E-state index contributed by atoms with van der Waals surface area (Å²) in [6.45, 7) is 0.334. The number of carbonyl (C=O) groups is 2. The van der Waals surface area contributed by atoms with Crippen LogP contribution in [0.2, 0.25) is 0 Å². The Balaban J connectivity index is 2.00. The maximum Gasteiger partial charge on any atom is 0.303 e. The van der Waals surface area contributed by atoms with Crippen molar-refractivity contribution in [2.24, 2.45) is 0 Å². The second-order valence-corrected chi connectivity index (χ2v) is 8.45. The molecule has 0 aliphatic rings. The number of rotatable bonds is 9. The van der Waals surface area contributed by atoms with Crippen molar-refractivity contribution in [3.63, 3.8) is 0 Å². The van der Waals surface area contributed by atoms with E-state index in [1.165, 1.54) is 22.8 Å². The number of hydrogen-bond acceptors (Lipinski definition) is 6. The fourth-order valence-corrected chi connectivity index (χ4v) is 4.94. The first kappa shape index (κ1) is 18.6. The van der Waals surface area contributed by atoms with E-state index in [1.807, 2.05) is 17.5 Å². The van der Waals surface area contributed by atoms with E-state index in [9.17, 15) is 18.0 Å².